The van der Waals surface area contributed by atoms with Gasteiger partial charge in [-0.15, -0.1) is 0 Å². The predicted molar refractivity (Wildman–Crippen MR) is 143 cm³/mol. The van der Waals surface area contributed by atoms with E-state index in [2.05, 4.69) is 24.1 Å². The molecule has 2 amide bonds. The number of nitro benzene ring substituents is 1. The Hall–Kier alpha value is -4.40. The molecule has 0 saturated carbocycles. The van der Waals surface area contributed by atoms with Crippen LogP contribution in [-0.4, -0.2) is 47.8 Å². The van der Waals surface area contributed by atoms with Crippen molar-refractivity contribution in [1.29, 1.82) is 0 Å². The number of nitrogens with one attached hydrogen (secondary N) is 1. The van der Waals surface area contributed by atoms with Gasteiger partial charge in [0.25, 0.3) is 5.69 Å². The molecule has 0 bridgehead atoms. The van der Waals surface area contributed by atoms with Crippen molar-refractivity contribution in [2.24, 2.45) is 5.92 Å². The van der Waals surface area contributed by atoms with Gasteiger partial charge in [-0.25, -0.2) is 0 Å². The quantitative estimate of drug-likeness (QED) is 0.258. The van der Waals surface area contributed by atoms with Gasteiger partial charge in [0.1, 0.15) is 11.5 Å². The number of carbonyl (C=O) groups excluding carboxylic acids is 2. The summed E-state index contributed by atoms with van der Waals surface area (Å²) in [4.78, 5) is 39.6. The Kier molecular flexibility index (Phi) is 8.02. The number of nitrogens with zero attached hydrogens (tertiary/aromatic N) is 3. The fraction of sp³-hybridized carbons (Fsp3) is 0.286. The minimum absolute atomic E-state index is 0.0462. The number of hydrogen-bond acceptors (Lipinski definition) is 6. The first-order chi connectivity index (χ1) is 17.8. The second-order valence-electron chi connectivity index (χ2n) is 9.31. The lowest BCUT2D eigenvalue weighted by Crippen LogP contribution is -2.49. The van der Waals surface area contributed by atoms with E-state index in [1.54, 1.807) is 30.3 Å². The highest BCUT2D eigenvalue weighted by Crippen LogP contribution is 2.31. The summed E-state index contributed by atoms with van der Waals surface area (Å²) >= 11 is 0. The largest absolute Gasteiger partial charge is 0.456 e. The molecule has 3 aromatic rings. The second-order valence-corrected chi connectivity index (χ2v) is 9.31. The third kappa shape index (κ3) is 6.63. The monoisotopic (exact) mass is 502 g/mol. The molecule has 1 fully saturated rings. The first-order valence-electron chi connectivity index (χ1n) is 12.3. The number of carbonyl (C=O) groups is 2. The van der Waals surface area contributed by atoms with Crippen LogP contribution in [0, 0.1) is 16.0 Å². The predicted octanol–water partition coefficient (Wildman–Crippen LogP) is 5.20. The third-order valence-corrected chi connectivity index (χ3v) is 6.11. The van der Waals surface area contributed by atoms with Gasteiger partial charge in [-0.1, -0.05) is 26.0 Å². The Morgan fingerprint density at radius 2 is 1.73 bits per heavy atom. The Bertz CT molecular complexity index is 1290. The van der Waals surface area contributed by atoms with Crippen molar-refractivity contribution in [3.8, 4) is 11.3 Å². The van der Waals surface area contributed by atoms with Crippen LogP contribution in [0.5, 0.6) is 0 Å². The molecule has 1 aliphatic heterocycles. The molecular formula is C28H30N4O5. The van der Waals surface area contributed by atoms with Crippen molar-refractivity contribution in [3.63, 3.8) is 0 Å². The van der Waals surface area contributed by atoms with Gasteiger partial charge < -0.3 is 19.5 Å². The van der Waals surface area contributed by atoms with Crippen LogP contribution in [0.3, 0.4) is 0 Å². The van der Waals surface area contributed by atoms with Gasteiger partial charge in [-0.05, 0) is 54.5 Å². The zero-order chi connectivity index (χ0) is 26.4. The highest BCUT2D eigenvalue weighted by molar-refractivity contribution is 6.01. The molecule has 2 heterocycles. The van der Waals surface area contributed by atoms with Crippen LogP contribution < -0.4 is 10.2 Å². The van der Waals surface area contributed by atoms with Crippen LogP contribution in [0.1, 0.15) is 26.0 Å². The fourth-order valence-electron chi connectivity index (χ4n) is 4.22. The van der Waals surface area contributed by atoms with Crippen LogP contribution in [0.4, 0.5) is 17.1 Å². The molecule has 0 radical (unpaired) electrons. The van der Waals surface area contributed by atoms with Crippen molar-refractivity contribution in [3.05, 3.63) is 82.6 Å². The fourth-order valence-corrected chi connectivity index (χ4v) is 4.22. The van der Waals surface area contributed by atoms with E-state index in [1.807, 2.05) is 29.2 Å². The molecule has 0 aliphatic carbocycles. The highest BCUT2D eigenvalue weighted by Gasteiger charge is 2.22. The summed E-state index contributed by atoms with van der Waals surface area (Å²) < 4.78 is 5.68. The minimum atomic E-state index is -0.457. The van der Waals surface area contributed by atoms with Crippen molar-refractivity contribution < 1.29 is 18.9 Å². The number of para-hydroxylation sites is 1. The van der Waals surface area contributed by atoms with Gasteiger partial charge in [0.05, 0.1) is 10.5 Å². The summed E-state index contributed by atoms with van der Waals surface area (Å²) in [6.07, 6.45) is 3.45. The summed E-state index contributed by atoms with van der Waals surface area (Å²) in [6.45, 7) is 7.07. The number of amides is 2. The topological polar surface area (TPSA) is 109 Å². The summed E-state index contributed by atoms with van der Waals surface area (Å²) in [5.74, 6) is 1.01. The summed E-state index contributed by atoms with van der Waals surface area (Å²) in [5.41, 5.74) is 2.03. The molecule has 37 heavy (non-hydrogen) atoms. The van der Waals surface area contributed by atoms with Crippen molar-refractivity contribution in [2.45, 2.75) is 20.3 Å². The number of furan rings is 1. The summed E-state index contributed by atoms with van der Waals surface area (Å²) in [7, 11) is 0. The molecule has 4 rings (SSSR count). The first kappa shape index (κ1) is 25.7. The molecule has 1 N–H and O–H groups in total. The van der Waals surface area contributed by atoms with E-state index in [4.69, 9.17) is 4.42 Å². The number of piperazine rings is 1. The molecule has 0 atom stereocenters. The van der Waals surface area contributed by atoms with Gasteiger partial charge in [0.2, 0.25) is 11.8 Å². The number of anilines is 2. The van der Waals surface area contributed by atoms with E-state index in [1.165, 1.54) is 18.2 Å². The average molecular weight is 503 g/mol. The van der Waals surface area contributed by atoms with Crippen LogP contribution in [0.2, 0.25) is 0 Å². The molecule has 1 aliphatic rings. The molecule has 0 spiro atoms. The van der Waals surface area contributed by atoms with Gasteiger partial charge >= 0.3 is 0 Å². The molecular weight excluding hydrogens is 472 g/mol. The molecule has 1 aromatic heterocycles. The van der Waals surface area contributed by atoms with E-state index < -0.39 is 4.92 Å². The smallest absolute Gasteiger partial charge is 0.280 e. The lowest BCUT2D eigenvalue weighted by Gasteiger charge is -2.36. The zero-order valence-electron chi connectivity index (χ0n) is 20.9. The lowest BCUT2D eigenvalue weighted by atomic mass is 10.1. The van der Waals surface area contributed by atoms with Crippen LogP contribution >= 0.6 is 0 Å². The Labute approximate surface area is 215 Å². The van der Waals surface area contributed by atoms with Gasteiger partial charge in [-0.3, -0.25) is 19.7 Å². The number of benzene rings is 2. The van der Waals surface area contributed by atoms with E-state index in [-0.39, 0.29) is 17.5 Å². The summed E-state index contributed by atoms with van der Waals surface area (Å²) in [5, 5.41) is 14.1. The molecule has 9 nitrogen and oxygen atoms in total. The van der Waals surface area contributed by atoms with Crippen LogP contribution in [0.25, 0.3) is 17.4 Å². The number of hydrogen-bond donors (Lipinski definition) is 1. The molecule has 192 valence electrons. The molecule has 2 aromatic carbocycles. The maximum Gasteiger partial charge on any atom is 0.280 e. The first-order valence-corrected chi connectivity index (χ1v) is 12.3. The van der Waals surface area contributed by atoms with Crippen molar-refractivity contribution in [1.82, 2.24) is 4.90 Å². The zero-order valence-corrected chi connectivity index (χ0v) is 20.9. The molecule has 0 unspecified atom stereocenters. The van der Waals surface area contributed by atoms with Gasteiger partial charge in [0, 0.05) is 56.1 Å². The second kappa shape index (κ2) is 11.6. The molecule has 9 heteroatoms. The van der Waals surface area contributed by atoms with E-state index in [0.29, 0.717) is 48.2 Å². The number of rotatable bonds is 8. The number of nitro groups is 1. The van der Waals surface area contributed by atoms with Gasteiger partial charge in [-0.2, -0.15) is 0 Å². The summed E-state index contributed by atoms with van der Waals surface area (Å²) in [6, 6.07) is 17.2. The lowest BCUT2D eigenvalue weighted by molar-refractivity contribution is -0.384. The highest BCUT2D eigenvalue weighted by atomic mass is 16.6. The maximum absolute atomic E-state index is 12.4. The van der Waals surface area contributed by atoms with Gasteiger partial charge in [0.15, 0.2) is 0 Å². The van der Waals surface area contributed by atoms with Crippen LogP contribution in [-0.2, 0) is 9.59 Å². The van der Waals surface area contributed by atoms with Crippen LogP contribution in [0.15, 0.2) is 71.2 Å². The standard InChI is InChI=1S/C28H30N4O5/c1-20(2)19-28(34)31-17-15-30(16-18-31)22-9-7-21(8-10-22)29-27(33)14-12-23-11-13-26(37-23)24-5-3-4-6-25(24)32(35)36/h3-14,20H,15-19H2,1-2H3,(H,29,33)/b14-12+. The Balaban J connectivity index is 1.30. The van der Waals surface area contributed by atoms with E-state index in [0.717, 1.165) is 18.8 Å². The normalized spacial score (nSPS) is 13.8. The SMILES string of the molecule is CC(C)CC(=O)N1CCN(c2ccc(NC(=O)/C=C/c3ccc(-c4ccccc4[N+](=O)[O-])o3)cc2)CC1. The third-order valence-electron chi connectivity index (χ3n) is 6.11. The van der Waals surface area contributed by atoms with Crippen molar-refractivity contribution in [2.75, 3.05) is 36.4 Å². The average Bonchev–Trinajstić information content (AvgIpc) is 3.37. The van der Waals surface area contributed by atoms with E-state index in [9.17, 15) is 19.7 Å². The molecule has 1 saturated heterocycles. The van der Waals surface area contributed by atoms with Crippen molar-refractivity contribution >= 4 is 35.0 Å². The Morgan fingerprint density at radius 1 is 1.03 bits per heavy atom. The maximum atomic E-state index is 12.4. The van der Waals surface area contributed by atoms with E-state index >= 15 is 0 Å². The minimum Gasteiger partial charge on any atom is -0.456 e. The Morgan fingerprint density at radius 3 is 2.41 bits per heavy atom.